The number of methoxy groups -OCH3 is 1. The summed E-state index contributed by atoms with van der Waals surface area (Å²) < 4.78 is 20.1. The summed E-state index contributed by atoms with van der Waals surface area (Å²) in [4.78, 5) is 15.7. The number of esters is 1. The number of nitrogens with zero attached hydrogens (tertiary/aromatic N) is 5. The Labute approximate surface area is 151 Å². The molecule has 1 aliphatic rings. The van der Waals surface area contributed by atoms with E-state index in [0.29, 0.717) is 12.2 Å². The number of halogens is 2. The molecule has 25 heavy (non-hydrogen) atoms. The summed E-state index contributed by atoms with van der Waals surface area (Å²) in [5.41, 5.74) is 0.873. The third-order valence-electron chi connectivity index (χ3n) is 4.14. The molecule has 0 spiro atoms. The third-order valence-corrected chi connectivity index (χ3v) is 4.14. The summed E-state index contributed by atoms with van der Waals surface area (Å²) in [6, 6.07) is 6.87. The highest BCUT2D eigenvalue weighted by Crippen LogP contribution is 2.20. The Kier molecular flexibility index (Phi) is 6.72. The topological polar surface area (TPSA) is 63.5 Å². The molecule has 1 saturated heterocycles. The van der Waals surface area contributed by atoms with Crippen molar-refractivity contribution in [1.82, 2.24) is 19.9 Å². The van der Waals surface area contributed by atoms with E-state index in [1.54, 1.807) is 16.9 Å². The number of benzene rings is 1. The monoisotopic (exact) mass is 369 g/mol. The highest BCUT2D eigenvalue weighted by molar-refractivity contribution is 5.86. The molecular formula is C16H21ClFN5O2. The third kappa shape index (κ3) is 4.67. The molecule has 1 aliphatic heterocycles. The average molecular weight is 370 g/mol. The van der Waals surface area contributed by atoms with E-state index in [9.17, 15) is 9.18 Å². The Balaban J connectivity index is 0.00000225. The smallest absolute Gasteiger partial charge is 0.360 e. The summed E-state index contributed by atoms with van der Waals surface area (Å²) in [6.45, 7) is 4.72. The molecule has 0 amide bonds. The highest BCUT2D eigenvalue weighted by Gasteiger charge is 2.19. The second-order valence-electron chi connectivity index (χ2n) is 5.64. The van der Waals surface area contributed by atoms with Crippen LogP contribution < -0.4 is 4.90 Å². The number of rotatable bonds is 5. The molecule has 1 aromatic carbocycles. The van der Waals surface area contributed by atoms with Gasteiger partial charge in [-0.2, -0.15) is 0 Å². The summed E-state index contributed by atoms with van der Waals surface area (Å²) in [7, 11) is 1.32. The van der Waals surface area contributed by atoms with Gasteiger partial charge in [-0.3, -0.25) is 9.58 Å². The van der Waals surface area contributed by atoms with Crippen molar-refractivity contribution in [2.45, 2.75) is 6.54 Å². The molecule has 0 atom stereocenters. The van der Waals surface area contributed by atoms with Gasteiger partial charge in [0.2, 0.25) is 0 Å². The van der Waals surface area contributed by atoms with Gasteiger partial charge in [-0.05, 0) is 12.1 Å². The molecule has 3 rings (SSSR count). The fourth-order valence-electron chi connectivity index (χ4n) is 2.77. The van der Waals surface area contributed by atoms with Crippen molar-refractivity contribution in [1.29, 1.82) is 0 Å². The fourth-order valence-corrected chi connectivity index (χ4v) is 2.77. The van der Waals surface area contributed by atoms with Gasteiger partial charge in [0.1, 0.15) is 5.82 Å². The lowest BCUT2D eigenvalue weighted by molar-refractivity contribution is 0.0594. The number of piperazine rings is 1. The Hall–Kier alpha value is -2.19. The van der Waals surface area contributed by atoms with E-state index >= 15 is 0 Å². The molecule has 0 radical (unpaired) electrons. The largest absolute Gasteiger partial charge is 0.464 e. The minimum absolute atomic E-state index is 0. The number of para-hydroxylation sites is 1. The van der Waals surface area contributed by atoms with E-state index in [4.69, 9.17) is 0 Å². The number of aromatic nitrogens is 3. The summed E-state index contributed by atoms with van der Waals surface area (Å²) in [5.74, 6) is -0.663. The minimum Gasteiger partial charge on any atom is -0.464 e. The zero-order valence-electron chi connectivity index (χ0n) is 14.0. The molecule has 0 unspecified atom stereocenters. The molecule has 0 aliphatic carbocycles. The van der Waals surface area contributed by atoms with Crippen molar-refractivity contribution in [3.8, 4) is 0 Å². The molecule has 1 aromatic heterocycles. The SMILES string of the molecule is COC(=O)c1cn(CCN2CCN(c3ccccc3F)CC2)nn1.Cl. The maximum Gasteiger partial charge on any atom is 0.360 e. The molecule has 0 saturated carbocycles. The second kappa shape index (κ2) is 8.77. The first kappa shape index (κ1) is 19.1. The van der Waals surface area contributed by atoms with Crippen LogP contribution in [0.2, 0.25) is 0 Å². The van der Waals surface area contributed by atoms with E-state index in [1.165, 1.54) is 13.2 Å². The fraction of sp³-hybridized carbons (Fsp3) is 0.438. The summed E-state index contributed by atoms with van der Waals surface area (Å²) in [6.07, 6.45) is 1.58. The Morgan fingerprint density at radius 2 is 1.92 bits per heavy atom. The number of hydrogen-bond donors (Lipinski definition) is 0. The van der Waals surface area contributed by atoms with Gasteiger partial charge in [-0.15, -0.1) is 17.5 Å². The number of ether oxygens (including phenoxy) is 1. The lowest BCUT2D eigenvalue weighted by atomic mass is 10.2. The van der Waals surface area contributed by atoms with Crippen LogP contribution in [-0.4, -0.2) is 65.7 Å². The van der Waals surface area contributed by atoms with E-state index < -0.39 is 5.97 Å². The van der Waals surface area contributed by atoms with Crippen molar-refractivity contribution in [2.75, 3.05) is 44.7 Å². The number of carbonyl (C=O) groups excluding carboxylic acids is 1. The standard InChI is InChI=1S/C16H20FN5O2.ClH/c1-24-16(23)14-12-22(19-18-14)11-8-20-6-9-21(10-7-20)15-5-3-2-4-13(15)17;/h2-5,12H,6-11H2,1H3;1H. The lowest BCUT2D eigenvalue weighted by Crippen LogP contribution is -2.47. The summed E-state index contributed by atoms with van der Waals surface area (Å²) in [5, 5.41) is 7.71. The van der Waals surface area contributed by atoms with Crippen LogP contribution in [0.5, 0.6) is 0 Å². The van der Waals surface area contributed by atoms with Crippen LogP contribution in [0, 0.1) is 5.82 Å². The van der Waals surface area contributed by atoms with E-state index in [1.807, 2.05) is 12.1 Å². The Morgan fingerprint density at radius 3 is 2.60 bits per heavy atom. The molecule has 0 bridgehead atoms. The van der Waals surface area contributed by atoms with E-state index in [2.05, 4.69) is 24.8 Å². The molecule has 2 heterocycles. The second-order valence-corrected chi connectivity index (χ2v) is 5.64. The predicted octanol–water partition coefficient (Wildman–Crippen LogP) is 1.45. The van der Waals surface area contributed by atoms with Crippen molar-refractivity contribution in [3.05, 3.63) is 42.0 Å². The first-order valence-electron chi connectivity index (χ1n) is 7.87. The highest BCUT2D eigenvalue weighted by atomic mass is 35.5. The Morgan fingerprint density at radius 1 is 1.20 bits per heavy atom. The minimum atomic E-state index is -0.486. The van der Waals surface area contributed by atoms with Crippen LogP contribution in [0.4, 0.5) is 10.1 Å². The van der Waals surface area contributed by atoms with Gasteiger partial charge in [-0.1, -0.05) is 17.3 Å². The van der Waals surface area contributed by atoms with Crippen molar-refractivity contribution in [2.24, 2.45) is 0 Å². The molecule has 2 aromatic rings. The van der Waals surface area contributed by atoms with Gasteiger partial charge in [0, 0.05) is 32.7 Å². The van der Waals surface area contributed by atoms with Gasteiger partial charge in [0.25, 0.3) is 0 Å². The van der Waals surface area contributed by atoms with Crippen molar-refractivity contribution in [3.63, 3.8) is 0 Å². The van der Waals surface area contributed by atoms with Crippen LogP contribution in [0.1, 0.15) is 10.5 Å². The molecular weight excluding hydrogens is 349 g/mol. The lowest BCUT2D eigenvalue weighted by Gasteiger charge is -2.36. The number of hydrogen-bond acceptors (Lipinski definition) is 6. The number of carbonyl (C=O) groups is 1. The normalized spacial score (nSPS) is 14.9. The van der Waals surface area contributed by atoms with Crippen molar-refractivity contribution < 1.29 is 13.9 Å². The maximum absolute atomic E-state index is 13.8. The first-order chi connectivity index (χ1) is 11.7. The van der Waals surface area contributed by atoms with E-state index in [-0.39, 0.29) is 23.9 Å². The summed E-state index contributed by atoms with van der Waals surface area (Å²) >= 11 is 0. The molecule has 1 fully saturated rings. The van der Waals surface area contributed by atoms with Gasteiger partial charge < -0.3 is 9.64 Å². The number of anilines is 1. The van der Waals surface area contributed by atoms with Crippen LogP contribution in [-0.2, 0) is 11.3 Å². The molecule has 0 N–H and O–H groups in total. The molecule has 136 valence electrons. The van der Waals surface area contributed by atoms with Gasteiger partial charge >= 0.3 is 5.97 Å². The predicted molar refractivity (Wildman–Crippen MR) is 93.7 cm³/mol. The van der Waals surface area contributed by atoms with Crippen LogP contribution in [0.15, 0.2) is 30.5 Å². The van der Waals surface area contributed by atoms with Crippen molar-refractivity contribution >= 4 is 24.1 Å². The maximum atomic E-state index is 13.8. The molecule has 7 nitrogen and oxygen atoms in total. The quantitative estimate of drug-likeness (QED) is 0.743. The zero-order valence-corrected chi connectivity index (χ0v) is 14.8. The molecule has 9 heteroatoms. The van der Waals surface area contributed by atoms with Gasteiger partial charge in [0.05, 0.1) is 25.5 Å². The Bertz CT molecular complexity index is 703. The van der Waals surface area contributed by atoms with Gasteiger partial charge in [0.15, 0.2) is 5.69 Å². The van der Waals surface area contributed by atoms with E-state index in [0.717, 1.165) is 32.7 Å². The van der Waals surface area contributed by atoms with Crippen LogP contribution in [0.3, 0.4) is 0 Å². The zero-order chi connectivity index (χ0) is 16.9. The van der Waals surface area contributed by atoms with Crippen LogP contribution in [0.25, 0.3) is 0 Å². The van der Waals surface area contributed by atoms with Gasteiger partial charge in [-0.25, -0.2) is 9.18 Å². The average Bonchev–Trinajstić information content (AvgIpc) is 3.09. The first-order valence-corrected chi connectivity index (χ1v) is 7.87. The van der Waals surface area contributed by atoms with Crippen LogP contribution >= 0.6 is 12.4 Å².